The van der Waals surface area contributed by atoms with Crippen LogP contribution in [-0.4, -0.2) is 18.4 Å². The van der Waals surface area contributed by atoms with Crippen LogP contribution in [0, 0.1) is 5.82 Å². The molecular formula is C21H19FN2O2. The molecule has 0 aliphatic rings. The average molecular weight is 350 g/mol. The second kappa shape index (κ2) is 7.78. The normalized spacial score (nSPS) is 11.8. The molecule has 0 bridgehead atoms. The van der Waals surface area contributed by atoms with Gasteiger partial charge in [0, 0.05) is 0 Å². The van der Waals surface area contributed by atoms with Gasteiger partial charge in [0.15, 0.2) is 0 Å². The zero-order valence-corrected chi connectivity index (χ0v) is 14.3. The molecule has 5 heteroatoms. The minimum Gasteiger partial charge on any atom is -0.348 e. The number of carbonyl (C=O) groups excluding carboxylic acids is 2. The highest BCUT2D eigenvalue weighted by atomic mass is 19.1. The van der Waals surface area contributed by atoms with Gasteiger partial charge in [0.1, 0.15) is 5.82 Å². The molecule has 3 aromatic rings. The van der Waals surface area contributed by atoms with Gasteiger partial charge in [-0.2, -0.15) is 0 Å². The molecule has 0 aliphatic carbocycles. The number of amides is 2. The fraction of sp³-hybridized carbons (Fsp3) is 0.143. The first kappa shape index (κ1) is 17.6. The van der Waals surface area contributed by atoms with Gasteiger partial charge in [0.2, 0.25) is 5.91 Å². The zero-order chi connectivity index (χ0) is 18.5. The highest BCUT2D eigenvalue weighted by Crippen LogP contribution is 2.20. The summed E-state index contributed by atoms with van der Waals surface area (Å²) in [4.78, 5) is 24.0. The van der Waals surface area contributed by atoms with Gasteiger partial charge in [-0.15, -0.1) is 0 Å². The van der Waals surface area contributed by atoms with E-state index in [0.717, 1.165) is 16.3 Å². The monoisotopic (exact) mass is 350 g/mol. The van der Waals surface area contributed by atoms with Gasteiger partial charge in [-0.3, -0.25) is 9.59 Å². The van der Waals surface area contributed by atoms with Gasteiger partial charge in [-0.05, 0) is 41.5 Å². The van der Waals surface area contributed by atoms with E-state index in [1.54, 1.807) is 6.07 Å². The fourth-order valence-electron chi connectivity index (χ4n) is 2.75. The van der Waals surface area contributed by atoms with E-state index in [4.69, 9.17) is 0 Å². The van der Waals surface area contributed by atoms with Crippen molar-refractivity contribution in [2.75, 3.05) is 6.54 Å². The number of carbonyl (C=O) groups is 2. The molecule has 0 aromatic heterocycles. The zero-order valence-electron chi connectivity index (χ0n) is 14.3. The molecule has 1 atom stereocenters. The highest BCUT2D eigenvalue weighted by Gasteiger charge is 2.14. The molecule has 2 N–H and O–H groups in total. The summed E-state index contributed by atoms with van der Waals surface area (Å²) in [6, 6.07) is 19.4. The molecule has 0 saturated carbocycles. The Labute approximate surface area is 151 Å². The summed E-state index contributed by atoms with van der Waals surface area (Å²) in [7, 11) is 0. The molecule has 3 aromatic carbocycles. The molecule has 0 heterocycles. The van der Waals surface area contributed by atoms with Crippen molar-refractivity contribution in [2.24, 2.45) is 0 Å². The summed E-state index contributed by atoms with van der Waals surface area (Å²) in [5, 5.41) is 7.50. The summed E-state index contributed by atoms with van der Waals surface area (Å²) < 4.78 is 13.6. The Hall–Kier alpha value is -3.21. The third kappa shape index (κ3) is 4.06. The van der Waals surface area contributed by atoms with Crippen molar-refractivity contribution in [3.8, 4) is 0 Å². The Kier molecular flexibility index (Phi) is 5.27. The lowest BCUT2D eigenvalue weighted by atomic mass is 10.0. The first-order valence-corrected chi connectivity index (χ1v) is 8.35. The van der Waals surface area contributed by atoms with Crippen molar-refractivity contribution in [3.63, 3.8) is 0 Å². The summed E-state index contributed by atoms with van der Waals surface area (Å²) in [5.74, 6) is -1.57. The van der Waals surface area contributed by atoms with Crippen molar-refractivity contribution in [2.45, 2.75) is 13.0 Å². The van der Waals surface area contributed by atoms with E-state index in [1.807, 2.05) is 49.4 Å². The van der Waals surface area contributed by atoms with E-state index >= 15 is 0 Å². The average Bonchev–Trinajstić information content (AvgIpc) is 2.66. The summed E-state index contributed by atoms with van der Waals surface area (Å²) in [5.41, 5.74) is 0.889. The van der Waals surface area contributed by atoms with Crippen molar-refractivity contribution in [1.29, 1.82) is 0 Å². The minimum absolute atomic E-state index is 0.0807. The van der Waals surface area contributed by atoms with Gasteiger partial charge in [-0.25, -0.2) is 4.39 Å². The smallest absolute Gasteiger partial charge is 0.254 e. The maximum atomic E-state index is 13.6. The van der Waals surface area contributed by atoms with Crippen LogP contribution in [-0.2, 0) is 4.79 Å². The predicted octanol–water partition coefficient (Wildman–Crippen LogP) is 3.59. The molecule has 0 radical (unpaired) electrons. The number of hydrogen-bond acceptors (Lipinski definition) is 2. The van der Waals surface area contributed by atoms with Crippen LogP contribution in [0.5, 0.6) is 0 Å². The topological polar surface area (TPSA) is 58.2 Å². The summed E-state index contributed by atoms with van der Waals surface area (Å²) in [6.45, 7) is 1.66. The van der Waals surface area contributed by atoms with E-state index in [-0.39, 0.29) is 24.1 Å². The van der Waals surface area contributed by atoms with E-state index < -0.39 is 11.7 Å². The van der Waals surface area contributed by atoms with Gasteiger partial charge >= 0.3 is 0 Å². The minimum atomic E-state index is -0.616. The number of fused-ring (bicyclic) bond motifs is 1. The largest absolute Gasteiger partial charge is 0.348 e. The number of hydrogen-bond donors (Lipinski definition) is 2. The highest BCUT2D eigenvalue weighted by molar-refractivity contribution is 5.96. The predicted molar refractivity (Wildman–Crippen MR) is 99.2 cm³/mol. The lowest BCUT2D eigenvalue weighted by Gasteiger charge is -2.15. The molecule has 3 rings (SSSR count). The van der Waals surface area contributed by atoms with Crippen molar-refractivity contribution < 1.29 is 14.0 Å². The first-order valence-electron chi connectivity index (χ1n) is 8.35. The number of rotatable bonds is 5. The fourth-order valence-corrected chi connectivity index (χ4v) is 2.75. The van der Waals surface area contributed by atoms with Crippen molar-refractivity contribution in [3.05, 3.63) is 83.7 Å². The van der Waals surface area contributed by atoms with Crippen LogP contribution in [0.25, 0.3) is 10.8 Å². The van der Waals surface area contributed by atoms with Crippen molar-refractivity contribution in [1.82, 2.24) is 10.6 Å². The van der Waals surface area contributed by atoms with E-state index in [2.05, 4.69) is 10.6 Å². The Morgan fingerprint density at radius 1 is 0.962 bits per heavy atom. The quantitative estimate of drug-likeness (QED) is 0.739. The summed E-state index contributed by atoms with van der Waals surface area (Å²) in [6.07, 6.45) is 0. The number of nitrogens with one attached hydrogen (secondary N) is 2. The van der Waals surface area contributed by atoms with Crippen LogP contribution in [0.4, 0.5) is 4.39 Å². The third-order valence-corrected chi connectivity index (χ3v) is 4.18. The van der Waals surface area contributed by atoms with E-state index in [0.29, 0.717) is 0 Å². The maximum absolute atomic E-state index is 13.6. The van der Waals surface area contributed by atoms with Gasteiger partial charge in [0.25, 0.3) is 5.91 Å². The van der Waals surface area contributed by atoms with E-state index in [9.17, 15) is 14.0 Å². The molecule has 0 spiro atoms. The second-order valence-electron chi connectivity index (χ2n) is 6.06. The standard InChI is InChI=1S/C21H19FN2O2/c1-14(16-11-10-15-6-2-3-7-17(15)12-16)24-20(25)13-23-21(26)18-8-4-5-9-19(18)22/h2-12,14H,13H2,1H3,(H,23,26)(H,24,25)/t14-/m0/s1. The van der Waals surface area contributed by atoms with Crippen LogP contribution < -0.4 is 10.6 Å². The van der Waals surface area contributed by atoms with Gasteiger partial charge in [-0.1, -0.05) is 48.5 Å². The molecule has 0 saturated heterocycles. The third-order valence-electron chi connectivity index (χ3n) is 4.18. The molecule has 0 unspecified atom stereocenters. The molecule has 132 valence electrons. The van der Waals surface area contributed by atoms with Gasteiger partial charge in [0.05, 0.1) is 18.2 Å². The van der Waals surface area contributed by atoms with Crippen molar-refractivity contribution >= 4 is 22.6 Å². The summed E-state index contributed by atoms with van der Waals surface area (Å²) >= 11 is 0. The molecule has 2 amide bonds. The molecule has 0 aliphatic heterocycles. The second-order valence-corrected chi connectivity index (χ2v) is 6.06. The Balaban J connectivity index is 1.58. The van der Waals surface area contributed by atoms with E-state index in [1.165, 1.54) is 18.2 Å². The molecule has 26 heavy (non-hydrogen) atoms. The SMILES string of the molecule is C[C@H](NC(=O)CNC(=O)c1ccccc1F)c1ccc2ccccc2c1. The molecule has 0 fully saturated rings. The molecular weight excluding hydrogens is 331 g/mol. The van der Waals surface area contributed by atoms with Gasteiger partial charge < -0.3 is 10.6 Å². The van der Waals surface area contributed by atoms with Crippen LogP contribution in [0.1, 0.15) is 28.9 Å². The Morgan fingerprint density at radius 2 is 1.65 bits per heavy atom. The van der Waals surface area contributed by atoms with Crippen LogP contribution in [0.15, 0.2) is 66.7 Å². The Morgan fingerprint density at radius 3 is 2.42 bits per heavy atom. The number of benzene rings is 3. The first-order chi connectivity index (χ1) is 12.5. The maximum Gasteiger partial charge on any atom is 0.254 e. The Bertz CT molecular complexity index is 955. The lowest BCUT2D eigenvalue weighted by Crippen LogP contribution is -2.38. The van der Waals surface area contributed by atoms with Crippen LogP contribution in [0.3, 0.4) is 0 Å². The molecule has 4 nitrogen and oxygen atoms in total. The number of halogens is 1. The van der Waals surface area contributed by atoms with Crippen LogP contribution >= 0.6 is 0 Å². The lowest BCUT2D eigenvalue weighted by molar-refractivity contribution is -0.120. The van der Waals surface area contributed by atoms with Crippen LogP contribution in [0.2, 0.25) is 0 Å².